The molecule has 0 saturated carbocycles. The van der Waals surface area contributed by atoms with Gasteiger partial charge in [-0.3, -0.25) is 9.59 Å². The molecule has 2 amide bonds. The summed E-state index contributed by atoms with van der Waals surface area (Å²) in [4.78, 5) is 37.3. The Kier molecular flexibility index (Phi) is 10.4. The van der Waals surface area contributed by atoms with E-state index in [1.165, 1.54) is 6.07 Å². The lowest BCUT2D eigenvalue weighted by atomic mass is 10.0. The summed E-state index contributed by atoms with van der Waals surface area (Å²) >= 11 is 1.58. The first-order valence-corrected chi connectivity index (χ1v) is 13.4. The molecule has 1 atom stereocenters. The average Bonchev–Trinajstić information content (AvgIpc) is 2.85. The minimum Gasteiger partial charge on any atom is -0.484 e. The molecule has 2 aromatic carbocycles. The van der Waals surface area contributed by atoms with Crippen LogP contribution in [0.3, 0.4) is 0 Å². The number of ether oxygens (including phenoxy) is 1. The topological polar surface area (TPSA) is 97.6 Å². The summed E-state index contributed by atoms with van der Waals surface area (Å²) in [6.07, 6.45) is 2.80. The molecule has 0 saturated heterocycles. The summed E-state index contributed by atoms with van der Waals surface area (Å²) in [6, 6.07) is 16.0. The van der Waals surface area contributed by atoms with Gasteiger partial charge in [0.25, 0.3) is 5.91 Å². The van der Waals surface area contributed by atoms with Gasteiger partial charge in [-0.25, -0.2) is 4.79 Å². The van der Waals surface area contributed by atoms with E-state index in [4.69, 9.17) is 9.15 Å². The van der Waals surface area contributed by atoms with Crippen LogP contribution in [-0.4, -0.2) is 36.3 Å². The van der Waals surface area contributed by atoms with Crippen LogP contribution in [0.2, 0.25) is 0 Å². The number of carbonyl (C=O) groups excluding carboxylic acids is 2. The number of fused-ring (bicyclic) bond motifs is 1. The van der Waals surface area contributed by atoms with E-state index in [1.807, 2.05) is 50.2 Å². The van der Waals surface area contributed by atoms with Gasteiger partial charge in [-0.1, -0.05) is 43.7 Å². The highest BCUT2D eigenvalue weighted by Crippen LogP contribution is 2.24. The van der Waals surface area contributed by atoms with Crippen molar-refractivity contribution in [1.82, 2.24) is 10.6 Å². The summed E-state index contributed by atoms with van der Waals surface area (Å²) in [6.45, 7) is 5.59. The monoisotopic (exact) mass is 510 g/mol. The summed E-state index contributed by atoms with van der Waals surface area (Å²) in [5.74, 6) is 0.945. The average molecular weight is 511 g/mol. The van der Waals surface area contributed by atoms with Gasteiger partial charge in [-0.05, 0) is 49.9 Å². The Balaban J connectivity index is 1.61. The highest BCUT2D eigenvalue weighted by molar-refractivity contribution is 7.98. The van der Waals surface area contributed by atoms with Crippen molar-refractivity contribution in [2.45, 2.75) is 57.9 Å². The van der Waals surface area contributed by atoms with Crippen molar-refractivity contribution >= 4 is 34.5 Å². The van der Waals surface area contributed by atoms with Crippen LogP contribution in [0.15, 0.2) is 63.8 Å². The van der Waals surface area contributed by atoms with Crippen LogP contribution < -0.4 is 21.0 Å². The third-order valence-corrected chi connectivity index (χ3v) is 6.56. The van der Waals surface area contributed by atoms with Gasteiger partial charge in [0, 0.05) is 35.1 Å². The van der Waals surface area contributed by atoms with E-state index in [-0.39, 0.29) is 18.6 Å². The van der Waals surface area contributed by atoms with Crippen molar-refractivity contribution in [3.63, 3.8) is 0 Å². The van der Waals surface area contributed by atoms with Crippen LogP contribution in [0.4, 0.5) is 0 Å². The van der Waals surface area contributed by atoms with Crippen LogP contribution in [0.25, 0.3) is 11.0 Å². The second-order valence-corrected chi connectivity index (χ2v) is 9.96. The zero-order chi connectivity index (χ0) is 25.9. The molecule has 1 heterocycles. The standard InChI is InChI=1S/C28H34N2O5S/c1-4-5-11-21-14-27(32)35-25-15-22(12-13-23(21)25)34-16-26(31)30-24(28(33)29-19(2)3)18-36-17-20-9-7-6-8-10-20/h6-10,12-15,19,24H,4-5,11,16-18H2,1-3H3,(H,29,33)(H,30,31)/t24-/m0/s1. The van der Waals surface area contributed by atoms with E-state index in [0.717, 1.165) is 41.5 Å². The van der Waals surface area contributed by atoms with Gasteiger partial charge in [0.05, 0.1) is 0 Å². The van der Waals surface area contributed by atoms with Crippen molar-refractivity contribution in [3.8, 4) is 5.75 Å². The summed E-state index contributed by atoms with van der Waals surface area (Å²) in [5.41, 5.74) is 2.12. The Labute approximate surface area is 216 Å². The lowest BCUT2D eigenvalue weighted by Crippen LogP contribution is -2.51. The number of carbonyl (C=O) groups is 2. The smallest absolute Gasteiger partial charge is 0.336 e. The lowest BCUT2D eigenvalue weighted by Gasteiger charge is -2.20. The van der Waals surface area contributed by atoms with E-state index in [2.05, 4.69) is 17.6 Å². The molecule has 0 aliphatic carbocycles. The Morgan fingerprint density at radius 2 is 1.83 bits per heavy atom. The normalized spacial score (nSPS) is 11.9. The molecule has 36 heavy (non-hydrogen) atoms. The van der Waals surface area contributed by atoms with Gasteiger partial charge in [0.2, 0.25) is 5.91 Å². The second kappa shape index (κ2) is 13.7. The zero-order valence-corrected chi connectivity index (χ0v) is 21.9. The maximum Gasteiger partial charge on any atom is 0.336 e. The molecule has 7 nitrogen and oxygen atoms in total. The van der Waals surface area contributed by atoms with E-state index < -0.39 is 17.6 Å². The molecule has 0 fully saturated rings. The maximum absolute atomic E-state index is 12.7. The van der Waals surface area contributed by atoms with Crippen molar-refractivity contribution in [2.24, 2.45) is 0 Å². The molecular weight excluding hydrogens is 476 g/mol. The highest BCUT2D eigenvalue weighted by atomic mass is 32.2. The first-order chi connectivity index (χ1) is 17.4. The van der Waals surface area contributed by atoms with Crippen LogP contribution in [-0.2, 0) is 21.8 Å². The van der Waals surface area contributed by atoms with E-state index in [9.17, 15) is 14.4 Å². The highest BCUT2D eigenvalue weighted by Gasteiger charge is 2.22. The van der Waals surface area contributed by atoms with Crippen LogP contribution >= 0.6 is 11.8 Å². The zero-order valence-electron chi connectivity index (χ0n) is 21.0. The van der Waals surface area contributed by atoms with Crippen molar-refractivity contribution < 1.29 is 18.7 Å². The molecule has 0 bridgehead atoms. The largest absolute Gasteiger partial charge is 0.484 e. The van der Waals surface area contributed by atoms with E-state index in [1.54, 1.807) is 23.9 Å². The number of thioether (sulfide) groups is 1. The Morgan fingerprint density at radius 1 is 1.06 bits per heavy atom. The van der Waals surface area contributed by atoms with Crippen LogP contribution in [0.5, 0.6) is 5.75 Å². The van der Waals surface area contributed by atoms with Crippen molar-refractivity contribution in [1.29, 1.82) is 0 Å². The summed E-state index contributed by atoms with van der Waals surface area (Å²) < 4.78 is 11.0. The summed E-state index contributed by atoms with van der Waals surface area (Å²) in [5, 5.41) is 6.51. The molecule has 3 rings (SSSR count). The van der Waals surface area contributed by atoms with Crippen molar-refractivity contribution in [2.75, 3.05) is 12.4 Å². The first-order valence-electron chi connectivity index (χ1n) is 12.3. The summed E-state index contributed by atoms with van der Waals surface area (Å²) in [7, 11) is 0. The molecule has 1 aromatic heterocycles. The fourth-order valence-corrected chi connectivity index (χ4v) is 4.71. The van der Waals surface area contributed by atoms with E-state index in [0.29, 0.717) is 17.1 Å². The predicted molar refractivity (Wildman–Crippen MR) is 144 cm³/mol. The van der Waals surface area contributed by atoms with Crippen LogP contribution in [0, 0.1) is 0 Å². The number of hydrogen-bond donors (Lipinski definition) is 2. The number of hydrogen-bond acceptors (Lipinski definition) is 6. The fourth-order valence-electron chi connectivity index (χ4n) is 3.70. The molecule has 2 N–H and O–H groups in total. The molecule has 0 aliphatic heterocycles. The molecule has 192 valence electrons. The minimum atomic E-state index is -0.687. The number of aryl methyl sites for hydroxylation is 1. The van der Waals surface area contributed by atoms with Gasteiger partial charge < -0.3 is 19.8 Å². The van der Waals surface area contributed by atoms with Gasteiger partial charge in [0.15, 0.2) is 6.61 Å². The molecule has 0 unspecified atom stereocenters. The third kappa shape index (κ3) is 8.45. The minimum absolute atomic E-state index is 0.0400. The van der Waals surface area contributed by atoms with Crippen LogP contribution in [0.1, 0.15) is 44.7 Å². The van der Waals surface area contributed by atoms with Gasteiger partial charge >= 0.3 is 5.63 Å². The van der Waals surface area contributed by atoms with Gasteiger partial charge in [0.1, 0.15) is 17.4 Å². The maximum atomic E-state index is 12.7. The molecule has 0 spiro atoms. The molecule has 0 aliphatic rings. The number of benzene rings is 2. The number of rotatable bonds is 13. The second-order valence-electron chi connectivity index (χ2n) is 8.92. The van der Waals surface area contributed by atoms with Gasteiger partial charge in [-0.15, -0.1) is 0 Å². The lowest BCUT2D eigenvalue weighted by molar-refractivity contribution is -0.129. The van der Waals surface area contributed by atoms with Gasteiger partial charge in [-0.2, -0.15) is 11.8 Å². The Bertz CT molecular complexity index is 1210. The number of amides is 2. The molecule has 3 aromatic rings. The number of unbranched alkanes of at least 4 members (excludes halogenated alkanes) is 1. The third-order valence-electron chi connectivity index (χ3n) is 5.45. The van der Waals surface area contributed by atoms with Crippen molar-refractivity contribution in [3.05, 3.63) is 76.1 Å². The Hall–Kier alpha value is -3.26. The molecule has 0 radical (unpaired) electrons. The number of nitrogens with one attached hydrogen (secondary N) is 2. The van der Waals surface area contributed by atoms with E-state index >= 15 is 0 Å². The Morgan fingerprint density at radius 3 is 2.56 bits per heavy atom. The quantitative estimate of drug-likeness (QED) is 0.330. The fraction of sp³-hybridized carbons (Fsp3) is 0.393. The molecule has 8 heteroatoms. The first kappa shape index (κ1) is 27.3. The SMILES string of the molecule is CCCCc1cc(=O)oc2cc(OCC(=O)N[C@@H](CSCc3ccccc3)C(=O)NC(C)C)ccc12. The molecular formula is C28H34N2O5S. The predicted octanol–water partition coefficient (Wildman–Crippen LogP) is 4.46.